The highest BCUT2D eigenvalue weighted by molar-refractivity contribution is 5.91. The minimum Gasteiger partial charge on any atom is -0.389 e. The molecular weight excluding hydrogens is 456 g/mol. The summed E-state index contributed by atoms with van der Waals surface area (Å²) >= 11 is 0. The Morgan fingerprint density at radius 2 is 1.86 bits per heavy atom. The predicted octanol–water partition coefficient (Wildman–Crippen LogP) is 1.50. The topological polar surface area (TPSA) is 106 Å². The van der Waals surface area contributed by atoms with Crippen molar-refractivity contribution in [2.45, 2.75) is 62.8 Å². The van der Waals surface area contributed by atoms with Crippen molar-refractivity contribution in [1.29, 1.82) is 0 Å². The number of rotatable bonds is 5. The van der Waals surface area contributed by atoms with E-state index < -0.39 is 12.2 Å². The van der Waals surface area contributed by atoms with Crippen LogP contribution in [0.2, 0.25) is 0 Å². The summed E-state index contributed by atoms with van der Waals surface area (Å²) in [4.78, 5) is 21.9. The summed E-state index contributed by atoms with van der Waals surface area (Å²) in [5.74, 6) is -0.0799. The molecule has 0 unspecified atom stereocenters. The van der Waals surface area contributed by atoms with Crippen LogP contribution in [0, 0.1) is 6.92 Å². The second-order valence-electron chi connectivity index (χ2n) is 11.1. The first-order valence-corrected chi connectivity index (χ1v) is 12.9. The minimum absolute atomic E-state index is 0.0564. The summed E-state index contributed by atoms with van der Waals surface area (Å²) in [6.07, 6.45) is 3.31. The van der Waals surface area contributed by atoms with E-state index in [2.05, 4.69) is 68.5 Å². The van der Waals surface area contributed by atoms with Gasteiger partial charge in [0.1, 0.15) is 0 Å². The fraction of sp³-hybridized carbons (Fsp3) is 0.519. The van der Waals surface area contributed by atoms with Gasteiger partial charge in [-0.25, -0.2) is 9.50 Å². The van der Waals surface area contributed by atoms with Crippen molar-refractivity contribution in [2.75, 3.05) is 31.1 Å². The Morgan fingerprint density at radius 1 is 1.14 bits per heavy atom. The van der Waals surface area contributed by atoms with Gasteiger partial charge < -0.3 is 20.4 Å². The molecule has 1 aliphatic carbocycles. The third kappa shape index (κ3) is 4.15. The molecular formula is C27H34N6O3. The van der Waals surface area contributed by atoms with Crippen molar-refractivity contribution in [3.63, 3.8) is 0 Å². The van der Waals surface area contributed by atoms with Crippen LogP contribution in [-0.2, 0) is 5.41 Å². The van der Waals surface area contributed by atoms with Crippen LogP contribution in [0.15, 0.2) is 42.6 Å². The van der Waals surface area contributed by atoms with E-state index in [1.165, 1.54) is 5.56 Å². The number of carbonyl (C=O) groups excluding carboxylic acids is 1. The van der Waals surface area contributed by atoms with Gasteiger partial charge in [-0.3, -0.25) is 9.69 Å². The summed E-state index contributed by atoms with van der Waals surface area (Å²) in [5.41, 5.74) is 4.24. The number of benzene rings is 1. The number of nitrogens with one attached hydrogen (secondary N) is 1. The van der Waals surface area contributed by atoms with Crippen LogP contribution in [0.3, 0.4) is 0 Å². The van der Waals surface area contributed by atoms with Crippen LogP contribution in [0.1, 0.15) is 47.9 Å². The first kappa shape index (κ1) is 23.4. The lowest BCUT2D eigenvalue weighted by molar-refractivity contribution is 0.0572. The molecule has 3 atom stereocenters. The molecule has 0 radical (unpaired) electrons. The number of pyridine rings is 1. The first-order chi connectivity index (χ1) is 17.3. The molecule has 0 bridgehead atoms. The van der Waals surface area contributed by atoms with Crippen molar-refractivity contribution in [3.8, 4) is 0 Å². The molecule has 6 rings (SSSR count). The molecule has 9 nitrogen and oxygen atoms in total. The average molecular weight is 491 g/mol. The van der Waals surface area contributed by atoms with E-state index in [1.54, 1.807) is 4.52 Å². The maximum Gasteiger partial charge on any atom is 0.291 e. The van der Waals surface area contributed by atoms with Crippen molar-refractivity contribution in [3.05, 3.63) is 59.5 Å². The molecule has 9 heteroatoms. The zero-order chi connectivity index (χ0) is 25.0. The molecule has 3 N–H and O–H groups in total. The van der Waals surface area contributed by atoms with Crippen LogP contribution < -0.4 is 10.2 Å². The highest BCUT2D eigenvalue weighted by Crippen LogP contribution is 2.36. The molecule has 1 saturated carbocycles. The number of anilines is 1. The van der Waals surface area contributed by atoms with Gasteiger partial charge in [-0.15, -0.1) is 5.10 Å². The number of aromatic nitrogens is 3. The second-order valence-corrected chi connectivity index (χ2v) is 11.1. The largest absolute Gasteiger partial charge is 0.389 e. The number of amides is 1. The minimum atomic E-state index is -0.679. The Kier molecular flexibility index (Phi) is 5.74. The van der Waals surface area contributed by atoms with Gasteiger partial charge in [-0.2, -0.15) is 0 Å². The third-order valence-electron chi connectivity index (χ3n) is 8.37. The van der Waals surface area contributed by atoms with Crippen LogP contribution in [-0.4, -0.2) is 86.1 Å². The molecule has 1 amide bonds. The standard InChI is InChI=1S/C27H34N6O3/c1-17-10-21(31-9-8-27(2,16-31)18-6-4-3-5-7-18)13-33-25(17)29-24(30-33)26(36)28-19-11-20(12-19)32-14-22(34)23(35)15-32/h3-7,10,13,19-20,22-23,34-35H,8-9,11-12,14-16H2,1-2H3,(H,28,36)/t19?,20?,22-,23+,27-/m0/s1. The van der Waals surface area contributed by atoms with Gasteiger partial charge in [0.25, 0.3) is 5.91 Å². The second kappa shape index (κ2) is 8.83. The quantitative estimate of drug-likeness (QED) is 0.498. The van der Waals surface area contributed by atoms with E-state index in [0.29, 0.717) is 18.7 Å². The highest BCUT2D eigenvalue weighted by Gasteiger charge is 2.41. The fourth-order valence-corrected chi connectivity index (χ4v) is 6.01. The number of aliphatic hydroxyl groups is 2. The summed E-state index contributed by atoms with van der Waals surface area (Å²) in [6.45, 7) is 7.21. The van der Waals surface area contributed by atoms with Gasteiger partial charge in [-0.05, 0) is 43.4 Å². The fourth-order valence-electron chi connectivity index (χ4n) is 6.01. The van der Waals surface area contributed by atoms with Gasteiger partial charge in [-0.1, -0.05) is 37.3 Å². The van der Waals surface area contributed by atoms with E-state index in [4.69, 9.17) is 0 Å². The zero-order valence-electron chi connectivity index (χ0n) is 20.8. The number of carbonyl (C=O) groups is 1. The molecule has 2 aliphatic heterocycles. The van der Waals surface area contributed by atoms with Crippen molar-refractivity contribution < 1.29 is 15.0 Å². The first-order valence-electron chi connectivity index (χ1n) is 12.9. The van der Waals surface area contributed by atoms with Gasteiger partial charge in [0, 0.05) is 43.7 Å². The number of hydrogen-bond acceptors (Lipinski definition) is 7. The van der Waals surface area contributed by atoms with E-state index in [9.17, 15) is 15.0 Å². The van der Waals surface area contributed by atoms with Crippen LogP contribution in [0.25, 0.3) is 5.65 Å². The lowest BCUT2D eigenvalue weighted by Crippen LogP contribution is -2.53. The number of nitrogens with zero attached hydrogens (tertiary/aromatic N) is 5. The monoisotopic (exact) mass is 490 g/mol. The maximum absolute atomic E-state index is 12.9. The summed E-state index contributed by atoms with van der Waals surface area (Å²) in [5, 5.41) is 27.1. The molecule has 4 heterocycles. The maximum atomic E-state index is 12.9. The van der Waals surface area contributed by atoms with E-state index in [-0.39, 0.29) is 29.2 Å². The normalized spacial score (nSPS) is 30.6. The number of likely N-dealkylation sites (tertiary alicyclic amines) is 1. The molecule has 2 aromatic heterocycles. The Labute approximate surface area is 210 Å². The number of hydrogen-bond donors (Lipinski definition) is 3. The predicted molar refractivity (Wildman–Crippen MR) is 136 cm³/mol. The molecule has 2 saturated heterocycles. The van der Waals surface area contributed by atoms with E-state index in [0.717, 1.165) is 43.6 Å². The SMILES string of the molecule is Cc1cc(N2CC[C@](C)(c3ccccc3)C2)cn2nc(C(=O)NC3CC(N4C[C@@H](O)[C@@H](O)C4)C3)nc12. The number of aliphatic hydroxyl groups excluding tert-OH is 2. The van der Waals surface area contributed by atoms with Gasteiger partial charge >= 0.3 is 0 Å². The van der Waals surface area contributed by atoms with Gasteiger partial charge in [0.05, 0.1) is 24.1 Å². The number of β-amino-alcohol motifs (C(OH)–C–C–N with tert-alkyl or cyclic N) is 2. The van der Waals surface area contributed by atoms with E-state index in [1.807, 2.05) is 13.1 Å². The summed E-state index contributed by atoms with van der Waals surface area (Å²) in [7, 11) is 0. The Bertz CT molecular complexity index is 1260. The van der Waals surface area contributed by atoms with Crippen LogP contribution in [0.4, 0.5) is 5.69 Å². The van der Waals surface area contributed by atoms with Crippen molar-refractivity contribution in [2.24, 2.45) is 0 Å². The van der Waals surface area contributed by atoms with Crippen LogP contribution >= 0.6 is 0 Å². The number of fused-ring (bicyclic) bond motifs is 1. The molecule has 0 spiro atoms. The van der Waals surface area contributed by atoms with Gasteiger partial charge in [0.2, 0.25) is 5.82 Å². The average Bonchev–Trinajstić information content (AvgIpc) is 3.54. The molecule has 1 aromatic carbocycles. The molecule has 3 aliphatic rings. The molecule has 3 fully saturated rings. The summed E-state index contributed by atoms with van der Waals surface area (Å²) in [6, 6.07) is 13.2. The Morgan fingerprint density at radius 3 is 2.58 bits per heavy atom. The molecule has 190 valence electrons. The summed E-state index contributed by atoms with van der Waals surface area (Å²) < 4.78 is 1.73. The van der Waals surface area contributed by atoms with E-state index >= 15 is 0 Å². The van der Waals surface area contributed by atoms with Gasteiger partial charge in [0.15, 0.2) is 5.65 Å². The number of aryl methyl sites for hydroxylation is 1. The molecule has 3 aromatic rings. The Hall–Kier alpha value is -3.01. The lowest BCUT2D eigenvalue weighted by atomic mass is 9.82. The van der Waals surface area contributed by atoms with Crippen molar-refractivity contribution >= 4 is 17.2 Å². The highest BCUT2D eigenvalue weighted by atomic mass is 16.3. The third-order valence-corrected chi connectivity index (χ3v) is 8.37. The zero-order valence-corrected chi connectivity index (χ0v) is 20.8. The van der Waals surface area contributed by atoms with Crippen molar-refractivity contribution in [1.82, 2.24) is 24.8 Å². The van der Waals surface area contributed by atoms with Crippen LogP contribution in [0.5, 0.6) is 0 Å². The lowest BCUT2D eigenvalue weighted by Gasteiger charge is -2.41. The smallest absolute Gasteiger partial charge is 0.291 e. The Balaban J connectivity index is 1.12. The molecule has 36 heavy (non-hydrogen) atoms.